The normalized spacial score (nSPS) is 10.9. The second-order valence-corrected chi connectivity index (χ2v) is 5.96. The second kappa shape index (κ2) is 6.07. The SMILES string of the molecule is COC(=O)c1ccc2occ(-c3ccc(SC)c(Cl)c3)c2c1. The van der Waals surface area contributed by atoms with E-state index in [1.165, 1.54) is 7.11 Å². The molecular formula is C17H13ClO3S. The van der Waals surface area contributed by atoms with E-state index in [1.54, 1.807) is 36.2 Å². The number of hydrogen-bond acceptors (Lipinski definition) is 4. The van der Waals surface area contributed by atoms with Gasteiger partial charge in [0.05, 0.1) is 24.0 Å². The van der Waals surface area contributed by atoms with Crippen molar-refractivity contribution in [3.63, 3.8) is 0 Å². The molecule has 0 N–H and O–H groups in total. The standard InChI is InChI=1S/C17H13ClO3S/c1-20-17(19)11-3-5-15-12(7-11)13(9-21-15)10-4-6-16(22-2)14(18)8-10/h3-9H,1-2H3. The van der Waals surface area contributed by atoms with Crippen molar-refractivity contribution in [2.45, 2.75) is 4.90 Å². The summed E-state index contributed by atoms with van der Waals surface area (Å²) in [6.07, 6.45) is 3.66. The third-order valence-electron chi connectivity index (χ3n) is 3.46. The van der Waals surface area contributed by atoms with E-state index in [-0.39, 0.29) is 5.97 Å². The Bertz CT molecular complexity index is 854. The molecule has 0 atom stereocenters. The first kappa shape index (κ1) is 15.0. The summed E-state index contributed by atoms with van der Waals surface area (Å²) in [4.78, 5) is 12.7. The Hall–Kier alpha value is -1.91. The number of esters is 1. The Labute approximate surface area is 137 Å². The maximum atomic E-state index is 11.7. The Morgan fingerprint density at radius 3 is 2.73 bits per heavy atom. The van der Waals surface area contributed by atoms with Crippen LogP contribution in [0.25, 0.3) is 22.1 Å². The number of carbonyl (C=O) groups excluding carboxylic acids is 1. The van der Waals surface area contributed by atoms with Gasteiger partial charge in [-0.05, 0) is 42.2 Å². The molecule has 3 aromatic rings. The van der Waals surface area contributed by atoms with Gasteiger partial charge in [-0.3, -0.25) is 0 Å². The summed E-state index contributed by atoms with van der Waals surface area (Å²) >= 11 is 7.87. The summed E-state index contributed by atoms with van der Waals surface area (Å²) in [5.74, 6) is -0.371. The molecule has 2 aromatic carbocycles. The van der Waals surface area contributed by atoms with Gasteiger partial charge in [0.25, 0.3) is 0 Å². The molecule has 0 amide bonds. The zero-order valence-electron chi connectivity index (χ0n) is 12.1. The van der Waals surface area contributed by atoms with Crippen LogP contribution in [-0.2, 0) is 4.74 Å². The monoisotopic (exact) mass is 332 g/mol. The molecule has 0 spiro atoms. The minimum Gasteiger partial charge on any atom is -0.465 e. The maximum absolute atomic E-state index is 11.7. The van der Waals surface area contributed by atoms with Crippen molar-refractivity contribution in [2.24, 2.45) is 0 Å². The summed E-state index contributed by atoms with van der Waals surface area (Å²) in [6, 6.07) is 11.1. The zero-order chi connectivity index (χ0) is 15.7. The third kappa shape index (κ3) is 2.60. The molecule has 0 unspecified atom stereocenters. The smallest absolute Gasteiger partial charge is 0.337 e. The van der Waals surface area contributed by atoms with Crippen molar-refractivity contribution in [1.29, 1.82) is 0 Å². The van der Waals surface area contributed by atoms with Crippen LogP contribution in [0.15, 0.2) is 52.0 Å². The summed E-state index contributed by atoms with van der Waals surface area (Å²) < 4.78 is 10.3. The van der Waals surface area contributed by atoms with Crippen LogP contribution in [0.1, 0.15) is 10.4 Å². The van der Waals surface area contributed by atoms with E-state index in [1.807, 2.05) is 24.5 Å². The molecule has 0 fully saturated rings. The molecule has 0 radical (unpaired) electrons. The first-order chi connectivity index (χ1) is 10.6. The third-order valence-corrected chi connectivity index (χ3v) is 4.68. The number of benzene rings is 2. The number of thioether (sulfide) groups is 1. The highest BCUT2D eigenvalue weighted by Gasteiger charge is 2.13. The fraction of sp³-hybridized carbons (Fsp3) is 0.118. The molecule has 1 heterocycles. The van der Waals surface area contributed by atoms with Crippen LogP contribution in [0.5, 0.6) is 0 Å². The second-order valence-electron chi connectivity index (χ2n) is 4.70. The molecule has 22 heavy (non-hydrogen) atoms. The number of fused-ring (bicyclic) bond motifs is 1. The summed E-state index contributed by atoms with van der Waals surface area (Å²) in [5.41, 5.74) is 3.05. The van der Waals surface area contributed by atoms with Gasteiger partial charge in [-0.2, -0.15) is 0 Å². The largest absolute Gasteiger partial charge is 0.465 e. The van der Waals surface area contributed by atoms with Gasteiger partial charge in [0.15, 0.2) is 0 Å². The van der Waals surface area contributed by atoms with Crippen LogP contribution in [0.4, 0.5) is 0 Å². The van der Waals surface area contributed by atoms with Gasteiger partial charge >= 0.3 is 5.97 Å². The van der Waals surface area contributed by atoms with E-state index in [9.17, 15) is 4.79 Å². The summed E-state index contributed by atoms with van der Waals surface area (Å²) in [7, 11) is 1.36. The molecule has 112 valence electrons. The van der Waals surface area contributed by atoms with Crippen molar-refractivity contribution in [3.8, 4) is 11.1 Å². The number of halogens is 1. The number of furan rings is 1. The number of rotatable bonds is 3. The van der Waals surface area contributed by atoms with Crippen LogP contribution >= 0.6 is 23.4 Å². The zero-order valence-corrected chi connectivity index (χ0v) is 13.6. The Balaban J connectivity index is 2.14. The molecule has 1 aromatic heterocycles. The van der Waals surface area contributed by atoms with Gasteiger partial charge in [0.1, 0.15) is 5.58 Å². The molecule has 0 aliphatic rings. The molecule has 3 rings (SSSR count). The van der Waals surface area contributed by atoms with Gasteiger partial charge in [-0.1, -0.05) is 17.7 Å². The Morgan fingerprint density at radius 2 is 2.05 bits per heavy atom. The molecular weight excluding hydrogens is 320 g/mol. The van der Waals surface area contributed by atoms with E-state index in [0.717, 1.165) is 21.4 Å². The highest BCUT2D eigenvalue weighted by Crippen LogP contribution is 2.35. The highest BCUT2D eigenvalue weighted by molar-refractivity contribution is 7.98. The van der Waals surface area contributed by atoms with Crippen molar-refractivity contribution >= 4 is 40.3 Å². The lowest BCUT2D eigenvalue weighted by Gasteiger charge is -2.04. The number of hydrogen-bond donors (Lipinski definition) is 0. The van der Waals surface area contributed by atoms with Gasteiger partial charge in [0.2, 0.25) is 0 Å². The maximum Gasteiger partial charge on any atom is 0.337 e. The molecule has 0 saturated carbocycles. The van der Waals surface area contributed by atoms with Crippen LogP contribution in [0.3, 0.4) is 0 Å². The molecule has 0 aliphatic carbocycles. The topological polar surface area (TPSA) is 39.4 Å². The Morgan fingerprint density at radius 1 is 1.23 bits per heavy atom. The van der Waals surface area contributed by atoms with Crippen molar-refractivity contribution in [3.05, 3.63) is 53.2 Å². The lowest BCUT2D eigenvalue weighted by molar-refractivity contribution is 0.0601. The minimum absolute atomic E-state index is 0.371. The fourth-order valence-electron chi connectivity index (χ4n) is 2.33. The van der Waals surface area contributed by atoms with Crippen LogP contribution in [-0.4, -0.2) is 19.3 Å². The predicted octanol–water partition coefficient (Wildman–Crippen LogP) is 5.26. The summed E-state index contributed by atoms with van der Waals surface area (Å²) in [6.45, 7) is 0. The van der Waals surface area contributed by atoms with Crippen LogP contribution in [0, 0.1) is 0 Å². The Kier molecular flexibility index (Phi) is 4.14. The van der Waals surface area contributed by atoms with Gasteiger partial charge in [-0.15, -0.1) is 11.8 Å². The molecule has 0 bridgehead atoms. The van der Waals surface area contributed by atoms with Gasteiger partial charge < -0.3 is 9.15 Å². The number of carbonyl (C=O) groups is 1. The minimum atomic E-state index is -0.371. The van der Waals surface area contributed by atoms with E-state index in [2.05, 4.69) is 0 Å². The average Bonchev–Trinajstić information content (AvgIpc) is 2.97. The fourth-order valence-corrected chi connectivity index (χ4v) is 3.20. The lowest BCUT2D eigenvalue weighted by atomic mass is 10.0. The number of methoxy groups -OCH3 is 1. The molecule has 3 nitrogen and oxygen atoms in total. The van der Waals surface area contributed by atoms with Crippen molar-refractivity contribution in [1.82, 2.24) is 0 Å². The van der Waals surface area contributed by atoms with Crippen LogP contribution < -0.4 is 0 Å². The summed E-state index contributed by atoms with van der Waals surface area (Å²) in [5, 5.41) is 1.55. The van der Waals surface area contributed by atoms with E-state index < -0.39 is 0 Å². The van der Waals surface area contributed by atoms with E-state index in [4.69, 9.17) is 20.8 Å². The van der Waals surface area contributed by atoms with Crippen molar-refractivity contribution < 1.29 is 13.9 Å². The van der Waals surface area contributed by atoms with E-state index in [0.29, 0.717) is 16.2 Å². The number of ether oxygens (including phenoxy) is 1. The van der Waals surface area contributed by atoms with E-state index >= 15 is 0 Å². The first-order valence-corrected chi connectivity index (χ1v) is 8.18. The molecule has 5 heteroatoms. The quantitative estimate of drug-likeness (QED) is 0.484. The average molecular weight is 333 g/mol. The predicted molar refractivity (Wildman–Crippen MR) is 89.8 cm³/mol. The van der Waals surface area contributed by atoms with Gasteiger partial charge in [0, 0.05) is 15.8 Å². The molecule has 0 aliphatic heterocycles. The van der Waals surface area contributed by atoms with Crippen LogP contribution in [0.2, 0.25) is 5.02 Å². The van der Waals surface area contributed by atoms with Gasteiger partial charge in [-0.25, -0.2) is 4.79 Å². The molecule has 0 saturated heterocycles. The van der Waals surface area contributed by atoms with Crippen molar-refractivity contribution in [2.75, 3.05) is 13.4 Å². The highest BCUT2D eigenvalue weighted by atomic mass is 35.5. The lowest BCUT2D eigenvalue weighted by Crippen LogP contribution is -2.00. The first-order valence-electron chi connectivity index (χ1n) is 6.57.